The van der Waals surface area contributed by atoms with Crippen LogP contribution < -0.4 is 0 Å². The van der Waals surface area contributed by atoms with Gasteiger partial charge in [0.2, 0.25) is 5.70 Å². The molecule has 150 valence electrons. The van der Waals surface area contributed by atoms with E-state index in [2.05, 4.69) is 33.6 Å². The third-order valence-electron chi connectivity index (χ3n) is 6.75. The van der Waals surface area contributed by atoms with Crippen molar-refractivity contribution in [2.45, 2.75) is 32.1 Å². The predicted molar refractivity (Wildman–Crippen MR) is 114 cm³/mol. The molecule has 0 bridgehead atoms. The monoisotopic (exact) mass is 397 g/mol. The number of imidazole rings is 1. The number of carbonyl (C=O) groups is 1. The van der Waals surface area contributed by atoms with Gasteiger partial charge in [0.1, 0.15) is 5.82 Å². The fraction of sp³-hybridized carbons (Fsp3) is 0.333. The van der Waals surface area contributed by atoms with Crippen LogP contribution in [0.3, 0.4) is 0 Å². The van der Waals surface area contributed by atoms with Gasteiger partial charge in [-0.2, -0.15) is 5.10 Å². The van der Waals surface area contributed by atoms with Crippen LogP contribution in [0, 0.1) is 18.4 Å². The quantitative estimate of drug-likeness (QED) is 0.612. The molecule has 0 amide bonds. The fourth-order valence-electron chi connectivity index (χ4n) is 5.27. The van der Waals surface area contributed by atoms with E-state index in [1.807, 2.05) is 50.6 Å². The lowest BCUT2D eigenvalue weighted by Crippen LogP contribution is -2.45. The van der Waals surface area contributed by atoms with Gasteiger partial charge in [-0.05, 0) is 30.9 Å². The van der Waals surface area contributed by atoms with Crippen molar-refractivity contribution in [3.05, 3.63) is 77.3 Å². The van der Waals surface area contributed by atoms with Gasteiger partial charge in [-0.15, -0.1) is 0 Å². The number of hydrogen-bond acceptors (Lipinski definition) is 3. The van der Waals surface area contributed by atoms with Gasteiger partial charge in [0.05, 0.1) is 24.0 Å². The molecule has 2 aromatic heterocycles. The molecule has 0 radical (unpaired) electrons. The van der Waals surface area contributed by atoms with Crippen molar-refractivity contribution in [2.24, 2.45) is 18.9 Å². The Hall–Kier alpha value is -3.46. The summed E-state index contributed by atoms with van der Waals surface area (Å²) < 4.78 is 4.00. The zero-order valence-electron chi connectivity index (χ0n) is 17.3. The highest BCUT2D eigenvalue weighted by Gasteiger charge is 2.50. The van der Waals surface area contributed by atoms with Crippen molar-refractivity contribution >= 4 is 5.78 Å². The van der Waals surface area contributed by atoms with Crippen molar-refractivity contribution < 1.29 is 4.79 Å². The third kappa shape index (κ3) is 2.51. The lowest BCUT2D eigenvalue weighted by molar-refractivity contribution is -0.121. The van der Waals surface area contributed by atoms with E-state index in [1.54, 1.807) is 4.68 Å². The van der Waals surface area contributed by atoms with Gasteiger partial charge in [0.25, 0.3) is 0 Å². The number of hydrogen-bond donors (Lipinski definition) is 0. The molecule has 2 heterocycles. The molecule has 6 heteroatoms. The zero-order valence-corrected chi connectivity index (χ0v) is 17.3. The molecular weight excluding hydrogens is 374 g/mol. The maximum absolute atomic E-state index is 12.7. The molecule has 6 nitrogen and oxygen atoms in total. The minimum absolute atomic E-state index is 0.0362. The van der Waals surface area contributed by atoms with Gasteiger partial charge in [-0.25, -0.2) is 9.83 Å². The first-order valence-electron chi connectivity index (χ1n) is 10.2. The number of nitrogens with zero attached hydrogens (tertiary/aromatic N) is 5. The highest BCUT2D eigenvalue weighted by Crippen LogP contribution is 2.50. The number of aromatic nitrogens is 4. The largest absolute Gasteiger partial charge is 0.308 e. The number of benzene rings is 1. The van der Waals surface area contributed by atoms with E-state index in [0.717, 1.165) is 41.3 Å². The molecule has 1 aromatic carbocycles. The third-order valence-corrected chi connectivity index (χ3v) is 6.75. The molecule has 0 saturated heterocycles. The molecule has 0 N–H and O–H groups in total. The van der Waals surface area contributed by atoms with Gasteiger partial charge < -0.3 is 4.79 Å². The van der Waals surface area contributed by atoms with Crippen LogP contribution in [-0.4, -0.2) is 25.1 Å². The summed E-state index contributed by atoms with van der Waals surface area (Å²) in [5.74, 6) is 0.777. The number of allylic oxidation sites excluding steroid dienone is 2. The molecule has 3 aromatic rings. The van der Waals surface area contributed by atoms with Crippen LogP contribution in [0.5, 0.6) is 0 Å². The van der Waals surface area contributed by atoms with Crippen LogP contribution in [0.4, 0.5) is 0 Å². The molecular formula is C24H23N5O. The molecule has 0 unspecified atom stereocenters. The summed E-state index contributed by atoms with van der Waals surface area (Å²) in [4.78, 5) is 21.4. The van der Waals surface area contributed by atoms with Crippen LogP contribution in [0.15, 0.2) is 54.5 Å². The lowest BCUT2D eigenvalue weighted by Gasteiger charge is -2.44. The summed E-state index contributed by atoms with van der Waals surface area (Å²) in [6.07, 6.45) is 7.42. The van der Waals surface area contributed by atoms with Crippen LogP contribution in [0.1, 0.15) is 31.7 Å². The summed E-state index contributed by atoms with van der Waals surface area (Å²) in [7, 11) is 1.90. The summed E-state index contributed by atoms with van der Waals surface area (Å²) in [5, 5.41) is 4.35. The number of carbonyl (C=O) groups excluding carboxylic acids is 1. The number of ketones is 1. The number of Topliss-reactive ketones (excluding diaryl/α,β-unsaturated/α-hetero) is 1. The second-order valence-corrected chi connectivity index (χ2v) is 8.53. The molecule has 0 spiro atoms. The molecule has 30 heavy (non-hydrogen) atoms. The van der Waals surface area contributed by atoms with Crippen molar-refractivity contribution in [1.29, 1.82) is 0 Å². The molecule has 0 fully saturated rings. The second kappa shape index (κ2) is 6.53. The van der Waals surface area contributed by atoms with Crippen molar-refractivity contribution in [3.63, 3.8) is 0 Å². The highest BCUT2D eigenvalue weighted by molar-refractivity contribution is 6.00. The molecule has 0 aliphatic heterocycles. The van der Waals surface area contributed by atoms with E-state index in [0.29, 0.717) is 0 Å². The maximum atomic E-state index is 12.7. The minimum Gasteiger partial charge on any atom is -0.308 e. The fourth-order valence-corrected chi connectivity index (χ4v) is 5.27. The summed E-state index contributed by atoms with van der Waals surface area (Å²) in [5.41, 5.74) is 3.93. The molecule has 5 rings (SSSR count). The van der Waals surface area contributed by atoms with Crippen LogP contribution in [-0.2, 0) is 23.7 Å². The van der Waals surface area contributed by atoms with E-state index in [4.69, 9.17) is 11.6 Å². The van der Waals surface area contributed by atoms with E-state index < -0.39 is 5.41 Å². The average Bonchev–Trinajstić information content (AvgIpc) is 3.35. The Morgan fingerprint density at radius 3 is 2.70 bits per heavy atom. The Labute approximate surface area is 175 Å². The predicted octanol–water partition coefficient (Wildman–Crippen LogP) is 4.11. The number of fused-ring (bicyclic) bond motifs is 3. The Balaban J connectivity index is 1.80. The summed E-state index contributed by atoms with van der Waals surface area (Å²) >= 11 is 0. The molecule has 0 saturated carbocycles. The number of para-hydroxylation sites is 1. The maximum Gasteiger partial charge on any atom is 0.226 e. The standard InChI is InChI=1S/C24H23N5O/c1-15-18-10-11-20-22(24(18,2)12-19(25-3)21(15)30)27-23(16-13-26-28(4)14-16)29(20)17-8-6-5-7-9-17/h5-9,12-15,18H,10-11H2,1-2,4H3/t15-,18-,24-/m0/s1. The van der Waals surface area contributed by atoms with Crippen molar-refractivity contribution in [1.82, 2.24) is 19.3 Å². The molecule has 2 aliphatic rings. The number of rotatable bonds is 2. The highest BCUT2D eigenvalue weighted by atomic mass is 16.1. The van der Waals surface area contributed by atoms with E-state index in [9.17, 15) is 4.79 Å². The molecule has 2 aliphatic carbocycles. The van der Waals surface area contributed by atoms with Gasteiger partial charge in [-0.1, -0.05) is 38.1 Å². The van der Waals surface area contributed by atoms with Gasteiger partial charge >= 0.3 is 0 Å². The van der Waals surface area contributed by atoms with E-state index >= 15 is 0 Å². The molecule has 3 atom stereocenters. The van der Waals surface area contributed by atoms with Gasteiger partial charge in [0, 0.05) is 36.0 Å². The van der Waals surface area contributed by atoms with Crippen LogP contribution >= 0.6 is 0 Å². The summed E-state index contributed by atoms with van der Waals surface area (Å²) in [6, 6.07) is 10.2. The Bertz CT molecular complexity index is 1230. The Kier molecular flexibility index (Phi) is 4.04. The van der Waals surface area contributed by atoms with Crippen LogP contribution in [0.25, 0.3) is 21.9 Å². The minimum atomic E-state index is -0.447. The van der Waals surface area contributed by atoms with Gasteiger partial charge in [-0.3, -0.25) is 9.25 Å². The number of aryl methyl sites for hydroxylation is 1. The van der Waals surface area contributed by atoms with Crippen LogP contribution in [0.2, 0.25) is 0 Å². The first-order chi connectivity index (χ1) is 14.4. The summed E-state index contributed by atoms with van der Waals surface area (Å²) in [6.45, 7) is 11.6. The second-order valence-electron chi connectivity index (χ2n) is 8.53. The normalized spacial score (nSPS) is 25.3. The first-order valence-corrected chi connectivity index (χ1v) is 10.2. The van der Waals surface area contributed by atoms with Gasteiger partial charge in [0.15, 0.2) is 5.78 Å². The van der Waals surface area contributed by atoms with Crippen molar-refractivity contribution in [2.75, 3.05) is 0 Å². The lowest BCUT2D eigenvalue weighted by atomic mass is 9.59. The Morgan fingerprint density at radius 1 is 1.27 bits per heavy atom. The van der Waals surface area contributed by atoms with E-state index in [-0.39, 0.29) is 23.3 Å². The van der Waals surface area contributed by atoms with Crippen molar-refractivity contribution in [3.8, 4) is 17.1 Å². The topological polar surface area (TPSA) is 57.1 Å². The zero-order chi connectivity index (χ0) is 21.0. The first kappa shape index (κ1) is 18.6. The Morgan fingerprint density at radius 2 is 2.03 bits per heavy atom. The smallest absolute Gasteiger partial charge is 0.226 e. The van der Waals surface area contributed by atoms with E-state index in [1.165, 1.54) is 0 Å². The SMILES string of the molecule is [C-]#[N+]C1=C[C@]2(C)c3nc(-c4cnn(C)c4)n(-c4ccccc4)c3CC[C@H]2[C@H](C)C1=O. The average molecular weight is 397 g/mol.